The fourth-order valence-corrected chi connectivity index (χ4v) is 4.23. The van der Waals surface area contributed by atoms with Crippen molar-refractivity contribution in [2.24, 2.45) is 0 Å². The fourth-order valence-electron chi connectivity index (χ4n) is 4.23. The van der Waals surface area contributed by atoms with Crippen molar-refractivity contribution in [1.82, 2.24) is 24.8 Å². The number of nitrogens with one attached hydrogen (secondary N) is 1. The molecule has 5 rings (SSSR count). The summed E-state index contributed by atoms with van der Waals surface area (Å²) in [5.41, 5.74) is 6.15. The number of benzene rings is 2. The molecule has 0 spiro atoms. The molecule has 1 N–H and O–H groups in total. The third kappa shape index (κ3) is 4.42. The summed E-state index contributed by atoms with van der Waals surface area (Å²) in [6.45, 7) is 3.88. The van der Waals surface area contributed by atoms with Crippen LogP contribution in [0.25, 0.3) is 22.3 Å². The number of aryl methyl sites for hydroxylation is 1. The van der Waals surface area contributed by atoms with Crippen LogP contribution in [0.15, 0.2) is 48.9 Å². The summed E-state index contributed by atoms with van der Waals surface area (Å²) in [5.74, 6) is 1.93. The van der Waals surface area contributed by atoms with E-state index >= 15 is 0 Å². The number of likely N-dealkylation sites (N-methyl/N-ethyl adjacent to an activating group) is 1. The van der Waals surface area contributed by atoms with Gasteiger partial charge in [-0.05, 0) is 38.7 Å². The second kappa shape index (κ2) is 9.34. The van der Waals surface area contributed by atoms with Gasteiger partial charge in [0.05, 0.1) is 42.3 Å². The number of fused-ring (bicyclic) bond motifs is 1. The number of hydrogen-bond acceptors (Lipinski definition) is 9. The summed E-state index contributed by atoms with van der Waals surface area (Å²) in [7, 11) is 7.55. The summed E-state index contributed by atoms with van der Waals surface area (Å²) in [6, 6.07) is 10.4. The minimum atomic E-state index is 0.467. The van der Waals surface area contributed by atoms with Gasteiger partial charge in [0.2, 0.25) is 5.95 Å². The molecule has 0 unspecified atom stereocenters. The molecule has 2 aromatic carbocycles. The van der Waals surface area contributed by atoms with Crippen LogP contribution < -0.4 is 19.7 Å². The van der Waals surface area contributed by atoms with Crippen LogP contribution in [0.3, 0.4) is 0 Å². The first-order chi connectivity index (χ1) is 17.0. The molecule has 0 amide bonds. The molecule has 0 aliphatic carbocycles. The maximum absolute atomic E-state index is 5.72. The minimum Gasteiger partial charge on any atom is -0.494 e. The van der Waals surface area contributed by atoms with E-state index in [1.807, 2.05) is 43.5 Å². The lowest BCUT2D eigenvalue weighted by Gasteiger charge is -2.44. The van der Waals surface area contributed by atoms with E-state index in [2.05, 4.69) is 44.2 Å². The Labute approximate surface area is 204 Å². The average Bonchev–Trinajstić information content (AvgIpc) is 2.84. The van der Waals surface area contributed by atoms with Crippen LogP contribution in [0.2, 0.25) is 0 Å². The molecular formula is C26H29N7O2. The largest absolute Gasteiger partial charge is 0.494 e. The van der Waals surface area contributed by atoms with E-state index in [0.29, 0.717) is 17.7 Å². The van der Waals surface area contributed by atoms with Gasteiger partial charge in [-0.1, -0.05) is 6.07 Å². The molecule has 1 aliphatic rings. The minimum absolute atomic E-state index is 0.467. The van der Waals surface area contributed by atoms with Gasteiger partial charge in [-0.15, -0.1) is 0 Å². The van der Waals surface area contributed by atoms with Crippen molar-refractivity contribution in [2.45, 2.75) is 13.0 Å². The molecular weight excluding hydrogens is 442 g/mol. The van der Waals surface area contributed by atoms with Crippen molar-refractivity contribution in [3.8, 4) is 22.8 Å². The Morgan fingerprint density at radius 1 is 0.943 bits per heavy atom. The topological polar surface area (TPSA) is 88.5 Å². The van der Waals surface area contributed by atoms with Gasteiger partial charge < -0.3 is 24.6 Å². The monoisotopic (exact) mass is 471 g/mol. The molecule has 4 aromatic rings. The maximum Gasteiger partial charge on any atom is 0.227 e. The van der Waals surface area contributed by atoms with Gasteiger partial charge in [-0.3, -0.25) is 9.97 Å². The quantitative estimate of drug-likeness (QED) is 0.431. The van der Waals surface area contributed by atoms with E-state index in [1.54, 1.807) is 26.6 Å². The molecule has 0 atom stereocenters. The van der Waals surface area contributed by atoms with Gasteiger partial charge >= 0.3 is 0 Å². The smallest absolute Gasteiger partial charge is 0.227 e. The standard InChI is InChI=1S/C26H29N7O2/c1-16-13-29-26(31-25(16)17-6-7-19-20(10-17)28-9-8-27-19)30-21-11-24(35-5)22(12-23(21)34-4)33-14-18(15-33)32(2)3/h6-13,18H,14-15H2,1-5H3,(H,29,30,31). The number of rotatable bonds is 7. The number of aromatic nitrogens is 4. The lowest BCUT2D eigenvalue weighted by molar-refractivity contribution is 0.245. The van der Waals surface area contributed by atoms with Gasteiger partial charge in [-0.2, -0.15) is 0 Å². The van der Waals surface area contributed by atoms with E-state index in [9.17, 15) is 0 Å². The van der Waals surface area contributed by atoms with Crippen molar-refractivity contribution < 1.29 is 9.47 Å². The van der Waals surface area contributed by atoms with Crippen LogP contribution in [-0.4, -0.2) is 72.3 Å². The fraction of sp³-hybridized carbons (Fsp3) is 0.308. The zero-order chi connectivity index (χ0) is 24.5. The Kier molecular flexibility index (Phi) is 6.08. The highest BCUT2D eigenvalue weighted by molar-refractivity contribution is 5.81. The summed E-state index contributed by atoms with van der Waals surface area (Å²) in [6.07, 6.45) is 5.19. The Morgan fingerprint density at radius 3 is 2.40 bits per heavy atom. The molecule has 0 saturated carbocycles. The van der Waals surface area contributed by atoms with E-state index < -0.39 is 0 Å². The molecule has 9 nitrogen and oxygen atoms in total. The van der Waals surface area contributed by atoms with E-state index in [1.165, 1.54) is 0 Å². The number of nitrogens with zero attached hydrogens (tertiary/aromatic N) is 6. The Hall–Kier alpha value is -3.98. The van der Waals surface area contributed by atoms with Crippen LogP contribution in [0.5, 0.6) is 11.5 Å². The SMILES string of the molecule is COc1cc(N2CC(N(C)C)C2)c(OC)cc1Nc1ncc(C)c(-c2ccc3nccnc3c2)n1. The first-order valence-electron chi connectivity index (χ1n) is 11.5. The third-order valence-electron chi connectivity index (χ3n) is 6.40. The first kappa shape index (κ1) is 22.8. The van der Waals surface area contributed by atoms with Crippen molar-refractivity contribution in [3.63, 3.8) is 0 Å². The van der Waals surface area contributed by atoms with Crippen LogP contribution >= 0.6 is 0 Å². The molecule has 0 bridgehead atoms. The number of hydrogen-bond donors (Lipinski definition) is 1. The van der Waals surface area contributed by atoms with Gasteiger partial charge in [0.1, 0.15) is 11.5 Å². The number of ether oxygens (including phenoxy) is 2. The Morgan fingerprint density at radius 2 is 1.69 bits per heavy atom. The van der Waals surface area contributed by atoms with Crippen molar-refractivity contribution in [2.75, 3.05) is 51.6 Å². The normalized spacial score (nSPS) is 13.7. The predicted octanol–water partition coefficient (Wildman–Crippen LogP) is 3.91. The van der Waals surface area contributed by atoms with E-state index in [0.717, 1.165) is 58.1 Å². The second-order valence-electron chi connectivity index (χ2n) is 8.86. The van der Waals surface area contributed by atoms with E-state index in [-0.39, 0.29) is 0 Å². The van der Waals surface area contributed by atoms with Gasteiger partial charge in [0.15, 0.2) is 0 Å². The molecule has 0 radical (unpaired) electrons. The highest BCUT2D eigenvalue weighted by Crippen LogP contribution is 2.41. The molecule has 3 heterocycles. The van der Waals surface area contributed by atoms with Crippen molar-refractivity contribution >= 4 is 28.4 Å². The summed E-state index contributed by atoms with van der Waals surface area (Å²) >= 11 is 0. The van der Waals surface area contributed by atoms with Crippen LogP contribution in [0.4, 0.5) is 17.3 Å². The molecule has 1 saturated heterocycles. The highest BCUT2D eigenvalue weighted by Gasteiger charge is 2.31. The van der Waals surface area contributed by atoms with Gasteiger partial charge in [0.25, 0.3) is 0 Å². The van der Waals surface area contributed by atoms with Crippen LogP contribution in [-0.2, 0) is 0 Å². The highest BCUT2D eigenvalue weighted by atomic mass is 16.5. The number of anilines is 3. The second-order valence-corrected chi connectivity index (χ2v) is 8.86. The lowest BCUT2D eigenvalue weighted by Crippen LogP contribution is -2.57. The van der Waals surface area contributed by atoms with Crippen molar-refractivity contribution in [3.05, 3.63) is 54.5 Å². The summed E-state index contributed by atoms with van der Waals surface area (Å²) < 4.78 is 11.4. The molecule has 9 heteroatoms. The number of methoxy groups -OCH3 is 2. The Balaban J connectivity index is 1.45. The molecule has 1 fully saturated rings. The molecule has 1 aliphatic heterocycles. The lowest BCUT2D eigenvalue weighted by atomic mass is 10.1. The summed E-state index contributed by atoms with van der Waals surface area (Å²) in [4.78, 5) is 22.6. The van der Waals surface area contributed by atoms with Crippen LogP contribution in [0, 0.1) is 6.92 Å². The zero-order valence-electron chi connectivity index (χ0n) is 20.6. The third-order valence-corrected chi connectivity index (χ3v) is 6.40. The van der Waals surface area contributed by atoms with Crippen molar-refractivity contribution in [1.29, 1.82) is 0 Å². The molecule has 2 aromatic heterocycles. The molecule has 35 heavy (non-hydrogen) atoms. The average molecular weight is 472 g/mol. The Bertz CT molecular complexity index is 1370. The van der Waals surface area contributed by atoms with E-state index in [4.69, 9.17) is 14.5 Å². The van der Waals surface area contributed by atoms with Gasteiger partial charge in [0, 0.05) is 55.4 Å². The summed E-state index contributed by atoms with van der Waals surface area (Å²) in [5, 5.41) is 3.32. The van der Waals surface area contributed by atoms with Crippen LogP contribution in [0.1, 0.15) is 5.56 Å². The predicted molar refractivity (Wildman–Crippen MR) is 138 cm³/mol. The maximum atomic E-state index is 5.72. The first-order valence-corrected chi connectivity index (χ1v) is 11.5. The van der Waals surface area contributed by atoms with Gasteiger partial charge in [-0.25, -0.2) is 9.97 Å². The zero-order valence-corrected chi connectivity index (χ0v) is 20.6. The molecule has 180 valence electrons.